The Kier molecular flexibility index (Phi) is 5.14. The highest BCUT2D eigenvalue weighted by Gasteiger charge is 2.23. The van der Waals surface area contributed by atoms with Gasteiger partial charge in [0.15, 0.2) is 0 Å². The molecule has 1 heterocycles. The molecule has 0 N–H and O–H groups in total. The summed E-state index contributed by atoms with van der Waals surface area (Å²) in [5.41, 5.74) is 1.24. The molecule has 1 aromatic carbocycles. The van der Waals surface area contributed by atoms with Crippen LogP contribution in [0, 0.1) is 5.82 Å². The Hall–Kier alpha value is -0.930. The van der Waals surface area contributed by atoms with E-state index in [4.69, 9.17) is 4.74 Å². The molecule has 0 aliphatic carbocycles. The van der Waals surface area contributed by atoms with Gasteiger partial charge in [0.2, 0.25) is 0 Å². The Bertz CT molecular complexity index is 352. The van der Waals surface area contributed by atoms with Crippen LogP contribution < -0.4 is 0 Å². The van der Waals surface area contributed by atoms with Crippen molar-refractivity contribution < 1.29 is 9.13 Å². The zero-order valence-electron chi connectivity index (χ0n) is 11.1. The molecular formula is C15H22FNO. The maximum absolute atomic E-state index is 13.0. The minimum Gasteiger partial charge on any atom is -0.385 e. The second-order valence-corrected chi connectivity index (χ2v) is 4.95. The van der Waals surface area contributed by atoms with Crippen LogP contribution in [0.2, 0.25) is 0 Å². The summed E-state index contributed by atoms with van der Waals surface area (Å²) in [6, 6.07) is 7.44. The molecule has 1 atom stereocenters. The lowest BCUT2D eigenvalue weighted by Gasteiger charge is -2.36. The summed E-state index contributed by atoms with van der Waals surface area (Å²) in [5.74, 6) is -0.152. The van der Waals surface area contributed by atoms with Crippen LogP contribution in [0.15, 0.2) is 24.3 Å². The first kappa shape index (κ1) is 13.5. The molecule has 0 spiro atoms. The average molecular weight is 251 g/mol. The second kappa shape index (κ2) is 6.86. The van der Waals surface area contributed by atoms with Crippen molar-refractivity contribution in [3.05, 3.63) is 35.6 Å². The Labute approximate surface area is 109 Å². The van der Waals surface area contributed by atoms with E-state index in [9.17, 15) is 4.39 Å². The van der Waals surface area contributed by atoms with Gasteiger partial charge in [-0.3, -0.25) is 4.90 Å². The van der Waals surface area contributed by atoms with Crippen LogP contribution in [0.25, 0.3) is 0 Å². The topological polar surface area (TPSA) is 12.5 Å². The summed E-state index contributed by atoms with van der Waals surface area (Å²) < 4.78 is 18.1. The summed E-state index contributed by atoms with van der Waals surface area (Å²) in [6.07, 6.45) is 4.78. The van der Waals surface area contributed by atoms with Crippen LogP contribution in [-0.2, 0) is 4.74 Å². The predicted octanol–water partition coefficient (Wildman–Crippen LogP) is 3.39. The van der Waals surface area contributed by atoms with Gasteiger partial charge < -0.3 is 4.74 Å². The molecule has 0 bridgehead atoms. The normalized spacial score (nSPS) is 21.1. The van der Waals surface area contributed by atoms with Crippen LogP contribution in [0.3, 0.4) is 0 Å². The van der Waals surface area contributed by atoms with E-state index >= 15 is 0 Å². The van der Waals surface area contributed by atoms with Crippen LogP contribution in [0.4, 0.5) is 4.39 Å². The summed E-state index contributed by atoms with van der Waals surface area (Å²) in [7, 11) is 1.74. The van der Waals surface area contributed by atoms with Gasteiger partial charge in [0.05, 0.1) is 0 Å². The van der Waals surface area contributed by atoms with Gasteiger partial charge in [-0.05, 0) is 43.5 Å². The van der Waals surface area contributed by atoms with Crippen LogP contribution in [0.5, 0.6) is 0 Å². The number of rotatable bonds is 5. The van der Waals surface area contributed by atoms with Gasteiger partial charge in [0.25, 0.3) is 0 Å². The van der Waals surface area contributed by atoms with Crippen molar-refractivity contribution in [2.24, 2.45) is 0 Å². The van der Waals surface area contributed by atoms with Crippen molar-refractivity contribution in [2.45, 2.75) is 31.7 Å². The zero-order chi connectivity index (χ0) is 12.8. The third-order valence-electron chi connectivity index (χ3n) is 3.66. The monoisotopic (exact) mass is 251 g/mol. The molecule has 0 aromatic heterocycles. The fourth-order valence-electron chi connectivity index (χ4n) is 2.73. The van der Waals surface area contributed by atoms with Gasteiger partial charge in [-0.1, -0.05) is 18.6 Å². The largest absolute Gasteiger partial charge is 0.385 e. The van der Waals surface area contributed by atoms with E-state index in [2.05, 4.69) is 4.90 Å². The summed E-state index contributed by atoms with van der Waals surface area (Å²) in [6.45, 7) is 3.02. The lowest BCUT2D eigenvalue weighted by Crippen LogP contribution is -2.34. The Morgan fingerprint density at radius 3 is 2.78 bits per heavy atom. The SMILES string of the molecule is COCCCN1CCCC[C@@H]1c1ccc(F)cc1. The Morgan fingerprint density at radius 1 is 1.28 bits per heavy atom. The number of ether oxygens (including phenoxy) is 1. The van der Waals surface area contributed by atoms with Gasteiger partial charge in [0.1, 0.15) is 5.82 Å². The second-order valence-electron chi connectivity index (χ2n) is 4.95. The van der Waals surface area contributed by atoms with E-state index in [-0.39, 0.29) is 5.82 Å². The molecule has 2 nitrogen and oxygen atoms in total. The van der Waals surface area contributed by atoms with Gasteiger partial charge in [-0.15, -0.1) is 0 Å². The Balaban J connectivity index is 2.00. The third-order valence-corrected chi connectivity index (χ3v) is 3.66. The van der Waals surface area contributed by atoms with Crippen LogP contribution in [-0.4, -0.2) is 31.7 Å². The molecule has 0 saturated carbocycles. The quantitative estimate of drug-likeness (QED) is 0.744. The highest BCUT2D eigenvalue weighted by molar-refractivity contribution is 5.20. The van der Waals surface area contributed by atoms with Crippen LogP contribution in [0.1, 0.15) is 37.3 Å². The molecule has 100 valence electrons. The van der Waals surface area contributed by atoms with Crippen LogP contribution >= 0.6 is 0 Å². The van der Waals surface area contributed by atoms with Gasteiger partial charge >= 0.3 is 0 Å². The predicted molar refractivity (Wildman–Crippen MR) is 71.1 cm³/mol. The fourth-order valence-corrected chi connectivity index (χ4v) is 2.73. The van der Waals surface area contributed by atoms with E-state index in [1.165, 1.54) is 24.8 Å². The van der Waals surface area contributed by atoms with E-state index in [0.717, 1.165) is 26.1 Å². The van der Waals surface area contributed by atoms with Gasteiger partial charge in [0, 0.05) is 26.3 Å². The van der Waals surface area contributed by atoms with E-state index in [1.807, 2.05) is 12.1 Å². The highest BCUT2D eigenvalue weighted by Crippen LogP contribution is 2.30. The third kappa shape index (κ3) is 3.53. The average Bonchev–Trinajstić information content (AvgIpc) is 2.41. The minimum atomic E-state index is -0.152. The first-order valence-electron chi connectivity index (χ1n) is 6.79. The number of methoxy groups -OCH3 is 1. The first-order chi connectivity index (χ1) is 8.81. The fraction of sp³-hybridized carbons (Fsp3) is 0.600. The summed E-state index contributed by atoms with van der Waals surface area (Å²) in [4.78, 5) is 2.51. The summed E-state index contributed by atoms with van der Waals surface area (Å²) in [5, 5.41) is 0. The first-order valence-corrected chi connectivity index (χ1v) is 6.79. The molecule has 1 aromatic rings. The molecule has 1 fully saturated rings. The molecule has 3 heteroatoms. The Morgan fingerprint density at radius 2 is 2.06 bits per heavy atom. The smallest absolute Gasteiger partial charge is 0.123 e. The number of hydrogen-bond acceptors (Lipinski definition) is 2. The molecular weight excluding hydrogens is 229 g/mol. The minimum absolute atomic E-state index is 0.152. The zero-order valence-corrected chi connectivity index (χ0v) is 11.1. The number of benzene rings is 1. The maximum atomic E-state index is 13.0. The summed E-state index contributed by atoms with van der Waals surface area (Å²) >= 11 is 0. The van der Waals surface area contributed by atoms with Gasteiger partial charge in [-0.25, -0.2) is 4.39 Å². The molecule has 1 aliphatic heterocycles. The van der Waals surface area contributed by atoms with E-state index in [1.54, 1.807) is 19.2 Å². The standard InChI is InChI=1S/C15H22FNO/c1-18-12-4-11-17-10-3-2-5-15(17)13-6-8-14(16)9-7-13/h6-9,15H,2-5,10-12H2,1H3/t15-/m1/s1. The van der Waals surface area contributed by atoms with Crippen molar-refractivity contribution in [2.75, 3.05) is 26.8 Å². The molecule has 18 heavy (non-hydrogen) atoms. The molecule has 1 aliphatic rings. The van der Waals surface area contributed by atoms with Crippen molar-refractivity contribution in [1.82, 2.24) is 4.90 Å². The van der Waals surface area contributed by atoms with Crippen molar-refractivity contribution in [3.63, 3.8) is 0 Å². The lowest BCUT2D eigenvalue weighted by atomic mass is 9.95. The van der Waals surface area contributed by atoms with Gasteiger partial charge in [-0.2, -0.15) is 0 Å². The molecule has 0 radical (unpaired) electrons. The highest BCUT2D eigenvalue weighted by atomic mass is 19.1. The van der Waals surface area contributed by atoms with Crippen molar-refractivity contribution in [1.29, 1.82) is 0 Å². The molecule has 2 rings (SSSR count). The molecule has 0 amide bonds. The molecule has 1 saturated heterocycles. The number of halogens is 1. The maximum Gasteiger partial charge on any atom is 0.123 e. The van der Waals surface area contributed by atoms with E-state index in [0.29, 0.717) is 6.04 Å². The molecule has 0 unspecified atom stereocenters. The lowest BCUT2D eigenvalue weighted by molar-refractivity contribution is 0.122. The number of piperidine rings is 1. The van der Waals surface area contributed by atoms with Crippen molar-refractivity contribution in [3.8, 4) is 0 Å². The number of hydrogen-bond donors (Lipinski definition) is 0. The number of nitrogens with zero attached hydrogens (tertiary/aromatic N) is 1. The van der Waals surface area contributed by atoms with E-state index < -0.39 is 0 Å². The van der Waals surface area contributed by atoms with Crippen molar-refractivity contribution >= 4 is 0 Å². The number of likely N-dealkylation sites (tertiary alicyclic amines) is 1.